The van der Waals surface area contributed by atoms with E-state index in [1.807, 2.05) is 0 Å². The van der Waals surface area contributed by atoms with Crippen LogP contribution >= 0.6 is 21.9 Å². The summed E-state index contributed by atoms with van der Waals surface area (Å²) in [7, 11) is -2.56. The highest BCUT2D eigenvalue weighted by Crippen LogP contribution is 2.48. The van der Waals surface area contributed by atoms with Crippen molar-refractivity contribution in [2.75, 3.05) is 18.1 Å². The number of carbonyl (C=O) groups is 2. The van der Waals surface area contributed by atoms with Crippen LogP contribution in [-0.4, -0.2) is 66.9 Å². The Morgan fingerprint density at radius 3 is 2.67 bits per heavy atom. The largest absolute Gasteiger partial charge is 0.344 e. The molecule has 0 unspecified atom stereocenters. The van der Waals surface area contributed by atoms with Crippen molar-refractivity contribution >= 4 is 33.7 Å². The van der Waals surface area contributed by atoms with Crippen molar-refractivity contribution in [3.05, 3.63) is 16.1 Å². The predicted molar refractivity (Wildman–Crippen MR) is 86.0 cm³/mol. The topological polar surface area (TPSA) is 103 Å². The number of rotatable bonds is 3. The van der Waals surface area contributed by atoms with Gasteiger partial charge in [-0.3, -0.25) is 18.7 Å². The van der Waals surface area contributed by atoms with Crippen LogP contribution in [0.3, 0.4) is 0 Å². The molecule has 0 radical (unpaired) electrons. The van der Waals surface area contributed by atoms with Crippen molar-refractivity contribution < 1.29 is 27.5 Å². The third-order valence-corrected chi connectivity index (χ3v) is 6.69. The zero-order chi connectivity index (χ0) is 17.7. The van der Waals surface area contributed by atoms with Crippen molar-refractivity contribution in [2.45, 2.75) is 31.4 Å². The lowest BCUT2D eigenvalue weighted by atomic mass is 10.2. The van der Waals surface area contributed by atoms with Crippen LogP contribution in [0.2, 0.25) is 0 Å². The summed E-state index contributed by atoms with van der Waals surface area (Å²) >= 11 is 0.946. The maximum Gasteiger partial charge on any atom is 0.280 e. The SMILES string of the molecule is C[C@H]1CC(F)(F)CN1C(=O)c1csc(C(=O)NC2CS(O)(O)C2)n1. The molecule has 0 aliphatic carbocycles. The molecule has 1 aromatic heterocycles. The van der Waals surface area contributed by atoms with Crippen molar-refractivity contribution in [1.29, 1.82) is 0 Å². The maximum atomic E-state index is 13.4. The van der Waals surface area contributed by atoms with Gasteiger partial charge in [0.15, 0.2) is 5.01 Å². The van der Waals surface area contributed by atoms with Crippen molar-refractivity contribution in [1.82, 2.24) is 15.2 Å². The Morgan fingerprint density at radius 2 is 2.12 bits per heavy atom. The van der Waals surface area contributed by atoms with Crippen LogP contribution in [0, 0.1) is 0 Å². The molecule has 134 valence electrons. The van der Waals surface area contributed by atoms with E-state index in [-0.39, 0.29) is 34.7 Å². The molecule has 3 heterocycles. The van der Waals surface area contributed by atoms with Gasteiger partial charge in [0.25, 0.3) is 17.7 Å². The molecule has 0 saturated carbocycles. The van der Waals surface area contributed by atoms with Gasteiger partial charge in [0.05, 0.1) is 24.1 Å². The summed E-state index contributed by atoms with van der Waals surface area (Å²) in [5.74, 6) is -3.82. The van der Waals surface area contributed by atoms with E-state index in [4.69, 9.17) is 0 Å². The number of likely N-dealkylation sites (tertiary alicyclic amines) is 1. The standard InChI is InChI=1S/C13H17F2N3O4S2/c1-7-2-13(14,15)6-18(7)12(20)9-3-23-11(17-9)10(19)16-8-4-24(21,22)5-8/h3,7-8,21-22H,2,4-6H2,1H3,(H,16,19)/t7-/m0/s1. The van der Waals surface area contributed by atoms with E-state index in [9.17, 15) is 27.5 Å². The van der Waals surface area contributed by atoms with Gasteiger partial charge in [-0.25, -0.2) is 13.8 Å². The third kappa shape index (κ3) is 3.53. The molecule has 7 nitrogen and oxygen atoms in total. The van der Waals surface area contributed by atoms with Crippen molar-refractivity contribution in [3.8, 4) is 0 Å². The second kappa shape index (κ2) is 5.90. The summed E-state index contributed by atoms with van der Waals surface area (Å²) in [5.41, 5.74) is -0.0346. The fourth-order valence-electron chi connectivity index (χ4n) is 2.83. The smallest absolute Gasteiger partial charge is 0.280 e. The van der Waals surface area contributed by atoms with E-state index in [0.717, 1.165) is 16.2 Å². The molecule has 3 rings (SSSR count). The highest BCUT2D eigenvalue weighted by Gasteiger charge is 2.45. The minimum Gasteiger partial charge on any atom is -0.344 e. The number of halogens is 2. The number of nitrogens with one attached hydrogen (secondary N) is 1. The van der Waals surface area contributed by atoms with Gasteiger partial charge in [-0.2, -0.15) is 10.6 Å². The molecule has 1 atom stereocenters. The van der Waals surface area contributed by atoms with Crippen LogP contribution in [-0.2, 0) is 0 Å². The quantitative estimate of drug-likeness (QED) is 0.742. The van der Waals surface area contributed by atoms with Crippen molar-refractivity contribution in [2.24, 2.45) is 0 Å². The summed E-state index contributed by atoms with van der Waals surface area (Å²) in [6.07, 6.45) is -0.385. The molecule has 11 heteroatoms. The highest BCUT2D eigenvalue weighted by atomic mass is 32.3. The molecule has 2 amide bonds. The zero-order valence-corrected chi connectivity index (χ0v) is 14.4. The first-order valence-corrected chi connectivity index (χ1v) is 10.0. The molecule has 2 aliphatic rings. The Hall–Kier alpha value is -1.30. The third-order valence-electron chi connectivity index (χ3n) is 3.98. The van der Waals surface area contributed by atoms with Crippen LogP contribution in [0.1, 0.15) is 33.6 Å². The lowest BCUT2D eigenvalue weighted by molar-refractivity contribution is 0.0117. The van der Waals surface area contributed by atoms with Crippen LogP contribution in [0.4, 0.5) is 8.78 Å². The highest BCUT2D eigenvalue weighted by molar-refractivity contribution is 8.25. The molecular formula is C13H17F2N3O4S2. The number of amides is 2. The normalized spacial score (nSPS) is 26.7. The first-order valence-electron chi connectivity index (χ1n) is 7.25. The van der Waals surface area contributed by atoms with E-state index >= 15 is 0 Å². The maximum absolute atomic E-state index is 13.4. The minimum absolute atomic E-state index is 0.0346. The summed E-state index contributed by atoms with van der Waals surface area (Å²) in [6.45, 7) is 0.903. The van der Waals surface area contributed by atoms with Gasteiger partial charge in [-0.05, 0) is 6.92 Å². The second-order valence-electron chi connectivity index (χ2n) is 6.19. The van der Waals surface area contributed by atoms with Crippen LogP contribution < -0.4 is 5.32 Å². The summed E-state index contributed by atoms with van der Waals surface area (Å²) < 4.78 is 45.4. The second-order valence-corrected chi connectivity index (χ2v) is 9.32. The molecular weight excluding hydrogens is 364 g/mol. The first-order chi connectivity index (χ1) is 11.1. The van der Waals surface area contributed by atoms with Gasteiger partial charge < -0.3 is 10.2 Å². The molecule has 3 N–H and O–H groups in total. The molecule has 0 spiro atoms. The Kier molecular flexibility index (Phi) is 4.31. The summed E-state index contributed by atoms with van der Waals surface area (Å²) in [5, 5.41) is 4.01. The molecule has 0 aromatic carbocycles. The van der Waals surface area contributed by atoms with Crippen LogP contribution in [0.5, 0.6) is 0 Å². The Morgan fingerprint density at radius 1 is 1.46 bits per heavy atom. The number of aromatic nitrogens is 1. The van der Waals surface area contributed by atoms with E-state index in [2.05, 4.69) is 10.3 Å². The zero-order valence-electron chi connectivity index (χ0n) is 12.7. The van der Waals surface area contributed by atoms with Gasteiger partial charge in [0, 0.05) is 17.8 Å². The van der Waals surface area contributed by atoms with Crippen LogP contribution in [0.15, 0.2) is 5.38 Å². The van der Waals surface area contributed by atoms with Gasteiger partial charge in [-0.15, -0.1) is 11.3 Å². The number of hydrogen-bond acceptors (Lipinski definition) is 6. The van der Waals surface area contributed by atoms with Gasteiger partial charge >= 0.3 is 0 Å². The Balaban J connectivity index is 1.63. The Labute approximate surface area is 142 Å². The van der Waals surface area contributed by atoms with Crippen LogP contribution in [0.25, 0.3) is 0 Å². The molecule has 1 aromatic rings. The van der Waals surface area contributed by atoms with E-state index < -0.39 is 40.9 Å². The van der Waals surface area contributed by atoms with E-state index in [0.29, 0.717) is 0 Å². The summed E-state index contributed by atoms with van der Waals surface area (Å²) in [4.78, 5) is 29.3. The fourth-order valence-corrected chi connectivity index (χ4v) is 4.89. The van der Waals surface area contributed by atoms with Gasteiger partial charge in [0.2, 0.25) is 0 Å². The first kappa shape index (κ1) is 17.5. The number of nitrogens with zero attached hydrogens (tertiary/aromatic N) is 2. The van der Waals surface area contributed by atoms with Gasteiger partial charge in [0.1, 0.15) is 5.69 Å². The fraction of sp³-hybridized carbons (Fsp3) is 0.615. The molecule has 24 heavy (non-hydrogen) atoms. The monoisotopic (exact) mass is 381 g/mol. The van der Waals surface area contributed by atoms with Crippen molar-refractivity contribution in [3.63, 3.8) is 0 Å². The number of alkyl halides is 2. The minimum atomic E-state index is -2.90. The number of hydrogen-bond donors (Lipinski definition) is 3. The number of carbonyl (C=O) groups excluding carboxylic acids is 2. The van der Waals surface area contributed by atoms with E-state index in [1.165, 1.54) is 5.38 Å². The molecule has 2 saturated heterocycles. The average Bonchev–Trinajstić information content (AvgIpc) is 3.00. The molecule has 2 aliphatic heterocycles. The van der Waals surface area contributed by atoms with E-state index in [1.54, 1.807) is 6.92 Å². The number of thiazole rings is 1. The Bertz CT molecular complexity index is 674. The molecule has 2 fully saturated rings. The lowest BCUT2D eigenvalue weighted by Gasteiger charge is -2.46. The molecule has 0 bridgehead atoms. The summed E-state index contributed by atoms with van der Waals surface area (Å²) in [6, 6.07) is -0.922. The average molecular weight is 381 g/mol. The van der Waals surface area contributed by atoms with Gasteiger partial charge in [-0.1, -0.05) is 0 Å². The predicted octanol–water partition coefficient (Wildman–Crippen LogP) is 1.88. The lowest BCUT2D eigenvalue weighted by Crippen LogP contribution is -2.50.